The first kappa shape index (κ1) is 11.0. The topological polar surface area (TPSA) is 15.3 Å². The lowest BCUT2D eigenvalue weighted by atomic mass is 10.1. The summed E-state index contributed by atoms with van der Waals surface area (Å²) in [6.07, 6.45) is 2.77. The summed E-state index contributed by atoms with van der Waals surface area (Å²) in [5, 5.41) is 3.53. The van der Waals surface area contributed by atoms with Crippen molar-refractivity contribution >= 4 is 0 Å². The molecule has 1 N–H and O–H groups in total. The first-order chi connectivity index (χ1) is 5.99. The Labute approximate surface area is 82.7 Å². The van der Waals surface area contributed by atoms with E-state index >= 15 is 0 Å². The van der Waals surface area contributed by atoms with Gasteiger partial charge in [-0.3, -0.25) is 4.90 Å². The van der Waals surface area contributed by atoms with Crippen LogP contribution in [0.15, 0.2) is 0 Å². The van der Waals surface area contributed by atoms with Gasteiger partial charge in [-0.15, -0.1) is 0 Å². The van der Waals surface area contributed by atoms with Crippen molar-refractivity contribution in [1.29, 1.82) is 0 Å². The van der Waals surface area contributed by atoms with Gasteiger partial charge in [0.2, 0.25) is 0 Å². The Morgan fingerprint density at radius 3 is 2.54 bits per heavy atom. The van der Waals surface area contributed by atoms with Gasteiger partial charge in [0.15, 0.2) is 0 Å². The Balaban J connectivity index is 2.12. The van der Waals surface area contributed by atoms with Crippen LogP contribution in [0.5, 0.6) is 0 Å². The lowest BCUT2D eigenvalue weighted by molar-refractivity contribution is 0.256. The molecule has 1 aliphatic heterocycles. The van der Waals surface area contributed by atoms with Crippen LogP contribution in [0.3, 0.4) is 0 Å². The molecule has 0 spiro atoms. The molecule has 1 fully saturated rings. The van der Waals surface area contributed by atoms with E-state index in [1.165, 1.54) is 25.9 Å². The molecule has 1 unspecified atom stereocenters. The van der Waals surface area contributed by atoms with Crippen LogP contribution in [0.4, 0.5) is 0 Å². The van der Waals surface area contributed by atoms with E-state index in [9.17, 15) is 0 Å². The number of rotatable bonds is 3. The molecular weight excluding hydrogens is 160 g/mol. The van der Waals surface area contributed by atoms with Crippen molar-refractivity contribution in [3.05, 3.63) is 0 Å². The van der Waals surface area contributed by atoms with Crippen molar-refractivity contribution in [2.75, 3.05) is 19.6 Å². The molecule has 0 aromatic rings. The van der Waals surface area contributed by atoms with E-state index in [2.05, 4.69) is 37.9 Å². The van der Waals surface area contributed by atoms with E-state index < -0.39 is 0 Å². The van der Waals surface area contributed by atoms with Gasteiger partial charge in [0, 0.05) is 24.7 Å². The highest BCUT2D eigenvalue weighted by atomic mass is 15.2. The molecule has 13 heavy (non-hydrogen) atoms. The van der Waals surface area contributed by atoms with E-state index in [4.69, 9.17) is 0 Å². The normalized spacial score (nSPS) is 25.4. The molecule has 0 saturated carbocycles. The number of hydrogen-bond acceptors (Lipinski definition) is 2. The standard InChI is InChI=1S/C11H24N2/c1-10-6-5-8-13(10)9-7-12-11(2,3)4/h10,12H,5-9H2,1-4H3. The van der Waals surface area contributed by atoms with Gasteiger partial charge < -0.3 is 5.32 Å². The van der Waals surface area contributed by atoms with Crippen LogP contribution in [0.2, 0.25) is 0 Å². The van der Waals surface area contributed by atoms with Crippen molar-refractivity contribution in [2.45, 2.75) is 52.1 Å². The third-order valence-corrected chi connectivity index (χ3v) is 2.74. The Morgan fingerprint density at radius 1 is 1.38 bits per heavy atom. The highest BCUT2D eigenvalue weighted by Crippen LogP contribution is 2.15. The van der Waals surface area contributed by atoms with Crippen molar-refractivity contribution in [2.24, 2.45) is 0 Å². The summed E-state index contributed by atoms with van der Waals surface area (Å²) in [5.74, 6) is 0. The van der Waals surface area contributed by atoms with E-state index in [0.29, 0.717) is 0 Å². The summed E-state index contributed by atoms with van der Waals surface area (Å²) < 4.78 is 0. The second-order valence-electron chi connectivity index (χ2n) is 5.20. The lowest BCUT2D eigenvalue weighted by Gasteiger charge is -2.25. The van der Waals surface area contributed by atoms with Crippen molar-refractivity contribution in [3.63, 3.8) is 0 Å². The fraction of sp³-hybridized carbons (Fsp3) is 1.00. The van der Waals surface area contributed by atoms with Crippen LogP contribution in [0, 0.1) is 0 Å². The van der Waals surface area contributed by atoms with E-state index in [1.54, 1.807) is 0 Å². The van der Waals surface area contributed by atoms with Crippen LogP contribution in [-0.2, 0) is 0 Å². The fourth-order valence-electron chi connectivity index (χ4n) is 1.90. The fourth-order valence-corrected chi connectivity index (χ4v) is 1.90. The largest absolute Gasteiger partial charge is 0.311 e. The maximum atomic E-state index is 3.53. The van der Waals surface area contributed by atoms with Crippen LogP contribution in [-0.4, -0.2) is 36.1 Å². The predicted octanol–water partition coefficient (Wildman–Crippen LogP) is 1.86. The number of nitrogens with zero attached hydrogens (tertiary/aromatic N) is 1. The van der Waals surface area contributed by atoms with Gasteiger partial charge in [-0.1, -0.05) is 0 Å². The summed E-state index contributed by atoms with van der Waals surface area (Å²) >= 11 is 0. The monoisotopic (exact) mass is 184 g/mol. The number of nitrogens with one attached hydrogen (secondary N) is 1. The van der Waals surface area contributed by atoms with Crippen LogP contribution >= 0.6 is 0 Å². The van der Waals surface area contributed by atoms with Gasteiger partial charge in [0.25, 0.3) is 0 Å². The molecule has 0 amide bonds. The van der Waals surface area contributed by atoms with Crippen LogP contribution in [0.1, 0.15) is 40.5 Å². The third-order valence-electron chi connectivity index (χ3n) is 2.74. The summed E-state index contributed by atoms with van der Waals surface area (Å²) in [5.41, 5.74) is 0.267. The molecule has 0 aromatic heterocycles. The summed E-state index contributed by atoms with van der Waals surface area (Å²) in [6.45, 7) is 12.6. The molecule has 0 bridgehead atoms. The second-order valence-corrected chi connectivity index (χ2v) is 5.20. The highest BCUT2D eigenvalue weighted by molar-refractivity contribution is 4.77. The molecule has 2 heteroatoms. The molecule has 1 saturated heterocycles. The maximum absolute atomic E-state index is 3.53. The van der Waals surface area contributed by atoms with Crippen LogP contribution < -0.4 is 5.32 Å². The van der Waals surface area contributed by atoms with Gasteiger partial charge in [0.1, 0.15) is 0 Å². The second kappa shape index (κ2) is 4.43. The minimum Gasteiger partial charge on any atom is -0.311 e. The van der Waals surface area contributed by atoms with Gasteiger partial charge in [0.05, 0.1) is 0 Å². The first-order valence-electron chi connectivity index (χ1n) is 5.48. The first-order valence-corrected chi connectivity index (χ1v) is 5.48. The van der Waals surface area contributed by atoms with Gasteiger partial charge >= 0.3 is 0 Å². The number of hydrogen-bond donors (Lipinski definition) is 1. The van der Waals surface area contributed by atoms with E-state index in [-0.39, 0.29) is 5.54 Å². The maximum Gasteiger partial charge on any atom is 0.0110 e. The molecule has 2 nitrogen and oxygen atoms in total. The van der Waals surface area contributed by atoms with E-state index in [0.717, 1.165) is 12.6 Å². The third kappa shape index (κ3) is 4.10. The van der Waals surface area contributed by atoms with Crippen molar-refractivity contribution < 1.29 is 0 Å². The number of likely N-dealkylation sites (tertiary alicyclic amines) is 1. The summed E-state index contributed by atoms with van der Waals surface area (Å²) in [6, 6.07) is 0.807. The Hall–Kier alpha value is -0.0800. The smallest absolute Gasteiger partial charge is 0.0110 e. The molecular formula is C11H24N2. The summed E-state index contributed by atoms with van der Waals surface area (Å²) in [4.78, 5) is 2.58. The molecule has 1 heterocycles. The predicted molar refractivity (Wildman–Crippen MR) is 58.0 cm³/mol. The SMILES string of the molecule is CC1CCCN1CCNC(C)(C)C. The highest BCUT2D eigenvalue weighted by Gasteiger charge is 2.19. The quantitative estimate of drug-likeness (QED) is 0.720. The molecule has 0 aromatic carbocycles. The molecule has 78 valence electrons. The molecule has 1 atom stereocenters. The van der Waals surface area contributed by atoms with Crippen molar-refractivity contribution in [1.82, 2.24) is 10.2 Å². The molecule has 1 aliphatic rings. The van der Waals surface area contributed by atoms with Gasteiger partial charge in [-0.2, -0.15) is 0 Å². The average Bonchev–Trinajstić information content (AvgIpc) is 2.34. The zero-order chi connectivity index (χ0) is 9.90. The molecule has 0 aliphatic carbocycles. The van der Waals surface area contributed by atoms with E-state index in [1.807, 2.05) is 0 Å². The molecule has 0 radical (unpaired) electrons. The average molecular weight is 184 g/mol. The zero-order valence-electron chi connectivity index (χ0n) is 9.56. The minimum absolute atomic E-state index is 0.267. The lowest BCUT2D eigenvalue weighted by Crippen LogP contribution is -2.42. The van der Waals surface area contributed by atoms with Crippen LogP contribution in [0.25, 0.3) is 0 Å². The Bertz CT molecular complexity index is 149. The molecule has 1 rings (SSSR count). The van der Waals surface area contributed by atoms with Gasteiger partial charge in [-0.25, -0.2) is 0 Å². The zero-order valence-corrected chi connectivity index (χ0v) is 9.56. The Morgan fingerprint density at radius 2 is 2.08 bits per heavy atom. The minimum atomic E-state index is 0.267. The van der Waals surface area contributed by atoms with Gasteiger partial charge in [-0.05, 0) is 47.1 Å². The Kier molecular flexibility index (Phi) is 3.74. The van der Waals surface area contributed by atoms with Crippen molar-refractivity contribution in [3.8, 4) is 0 Å². The summed E-state index contributed by atoms with van der Waals surface area (Å²) in [7, 11) is 0.